The SMILES string of the molecule is CN=C(NCCCNC(=O)c1occc1C)NC1CCCC1. The number of rotatable bonds is 6. The monoisotopic (exact) mass is 306 g/mol. The zero-order valence-corrected chi connectivity index (χ0v) is 13.4. The Kier molecular flexibility index (Phi) is 6.30. The number of furan rings is 1. The molecule has 1 saturated carbocycles. The summed E-state index contributed by atoms with van der Waals surface area (Å²) in [5.74, 6) is 1.09. The Morgan fingerprint density at radius 2 is 2.05 bits per heavy atom. The standard InChI is InChI=1S/C16H26N4O2/c1-12-8-11-22-14(12)15(21)18-9-5-10-19-16(17-2)20-13-6-3-4-7-13/h8,11,13H,3-7,9-10H2,1-2H3,(H,18,21)(H2,17,19,20). The van der Waals surface area contributed by atoms with E-state index < -0.39 is 0 Å². The third-order valence-corrected chi connectivity index (χ3v) is 3.92. The molecule has 1 aromatic rings. The van der Waals surface area contributed by atoms with E-state index in [0.717, 1.165) is 24.5 Å². The zero-order chi connectivity index (χ0) is 15.8. The van der Waals surface area contributed by atoms with Crippen LogP contribution >= 0.6 is 0 Å². The first-order valence-corrected chi connectivity index (χ1v) is 8.00. The van der Waals surface area contributed by atoms with Crippen molar-refractivity contribution in [2.75, 3.05) is 20.1 Å². The second-order valence-electron chi connectivity index (χ2n) is 5.67. The van der Waals surface area contributed by atoms with Crippen LogP contribution in [0.25, 0.3) is 0 Å². The molecule has 0 bridgehead atoms. The average molecular weight is 306 g/mol. The topological polar surface area (TPSA) is 78.7 Å². The van der Waals surface area contributed by atoms with Gasteiger partial charge in [-0.1, -0.05) is 12.8 Å². The third-order valence-electron chi connectivity index (χ3n) is 3.92. The zero-order valence-electron chi connectivity index (χ0n) is 13.4. The summed E-state index contributed by atoms with van der Waals surface area (Å²) >= 11 is 0. The lowest BCUT2D eigenvalue weighted by atomic mass is 10.2. The maximum atomic E-state index is 11.8. The fourth-order valence-corrected chi connectivity index (χ4v) is 2.64. The molecule has 1 heterocycles. The Labute approximate surface area is 131 Å². The predicted molar refractivity (Wildman–Crippen MR) is 87.1 cm³/mol. The van der Waals surface area contributed by atoms with Crippen LogP contribution in [0, 0.1) is 6.92 Å². The maximum Gasteiger partial charge on any atom is 0.287 e. The molecule has 2 rings (SSSR count). The van der Waals surface area contributed by atoms with E-state index in [0.29, 0.717) is 18.3 Å². The molecular formula is C16H26N4O2. The van der Waals surface area contributed by atoms with Crippen LogP contribution in [0.3, 0.4) is 0 Å². The molecule has 3 N–H and O–H groups in total. The Balaban J connectivity index is 1.60. The van der Waals surface area contributed by atoms with Gasteiger partial charge in [0, 0.05) is 31.7 Å². The molecule has 1 aliphatic rings. The summed E-state index contributed by atoms with van der Waals surface area (Å²) in [7, 11) is 1.78. The van der Waals surface area contributed by atoms with Crippen LogP contribution in [0.1, 0.15) is 48.2 Å². The molecule has 0 spiro atoms. The van der Waals surface area contributed by atoms with Crippen LogP contribution in [-0.4, -0.2) is 38.0 Å². The number of aliphatic imine (C=N–C) groups is 1. The van der Waals surface area contributed by atoms with Gasteiger partial charge < -0.3 is 20.4 Å². The van der Waals surface area contributed by atoms with Gasteiger partial charge in [0.15, 0.2) is 11.7 Å². The smallest absolute Gasteiger partial charge is 0.287 e. The molecule has 1 fully saturated rings. The van der Waals surface area contributed by atoms with Gasteiger partial charge in [0.05, 0.1) is 6.26 Å². The highest BCUT2D eigenvalue weighted by molar-refractivity contribution is 5.92. The van der Waals surface area contributed by atoms with Crippen LogP contribution in [0.2, 0.25) is 0 Å². The molecule has 0 aliphatic heterocycles. The molecule has 6 heteroatoms. The summed E-state index contributed by atoms with van der Waals surface area (Å²) in [6, 6.07) is 2.34. The van der Waals surface area contributed by atoms with Crippen LogP contribution < -0.4 is 16.0 Å². The maximum absolute atomic E-state index is 11.8. The highest BCUT2D eigenvalue weighted by atomic mass is 16.3. The van der Waals surface area contributed by atoms with E-state index in [1.54, 1.807) is 13.1 Å². The fraction of sp³-hybridized carbons (Fsp3) is 0.625. The van der Waals surface area contributed by atoms with E-state index >= 15 is 0 Å². The van der Waals surface area contributed by atoms with Gasteiger partial charge in [-0.15, -0.1) is 0 Å². The highest BCUT2D eigenvalue weighted by Crippen LogP contribution is 2.17. The van der Waals surface area contributed by atoms with Crippen LogP contribution in [0.15, 0.2) is 21.7 Å². The van der Waals surface area contributed by atoms with Crippen LogP contribution in [-0.2, 0) is 0 Å². The van der Waals surface area contributed by atoms with Gasteiger partial charge >= 0.3 is 0 Å². The molecule has 0 atom stereocenters. The molecule has 0 unspecified atom stereocenters. The van der Waals surface area contributed by atoms with Crippen molar-refractivity contribution in [2.45, 2.75) is 45.1 Å². The van der Waals surface area contributed by atoms with Gasteiger partial charge in [0.25, 0.3) is 5.91 Å². The van der Waals surface area contributed by atoms with Crippen molar-refractivity contribution in [3.8, 4) is 0 Å². The molecule has 0 radical (unpaired) electrons. The number of nitrogens with zero attached hydrogens (tertiary/aromatic N) is 1. The first kappa shape index (κ1) is 16.4. The van der Waals surface area contributed by atoms with E-state index in [2.05, 4.69) is 20.9 Å². The summed E-state index contributed by atoms with van der Waals surface area (Å²) in [5, 5.41) is 9.57. The summed E-state index contributed by atoms with van der Waals surface area (Å²) in [4.78, 5) is 16.1. The lowest BCUT2D eigenvalue weighted by molar-refractivity contribution is 0.0925. The summed E-state index contributed by atoms with van der Waals surface area (Å²) in [6.45, 7) is 3.23. The number of carbonyl (C=O) groups is 1. The molecule has 1 aromatic heterocycles. The van der Waals surface area contributed by atoms with E-state index in [1.165, 1.54) is 31.9 Å². The minimum Gasteiger partial charge on any atom is -0.459 e. The normalized spacial score (nSPS) is 15.8. The number of amides is 1. The van der Waals surface area contributed by atoms with Gasteiger partial charge in [0.2, 0.25) is 0 Å². The quantitative estimate of drug-likeness (QED) is 0.425. The number of carbonyl (C=O) groups excluding carboxylic acids is 1. The number of nitrogens with one attached hydrogen (secondary N) is 3. The number of hydrogen-bond donors (Lipinski definition) is 3. The number of aryl methyl sites for hydroxylation is 1. The van der Waals surface area contributed by atoms with Crippen molar-refractivity contribution < 1.29 is 9.21 Å². The first-order chi connectivity index (χ1) is 10.7. The van der Waals surface area contributed by atoms with Crippen molar-refractivity contribution >= 4 is 11.9 Å². The van der Waals surface area contributed by atoms with Gasteiger partial charge in [-0.05, 0) is 32.3 Å². The van der Waals surface area contributed by atoms with Crippen molar-refractivity contribution in [1.82, 2.24) is 16.0 Å². The number of hydrogen-bond acceptors (Lipinski definition) is 3. The third kappa shape index (κ3) is 4.79. The second kappa shape index (κ2) is 8.46. The number of guanidine groups is 1. The van der Waals surface area contributed by atoms with E-state index in [4.69, 9.17) is 4.42 Å². The predicted octanol–water partition coefficient (Wildman–Crippen LogP) is 1.82. The van der Waals surface area contributed by atoms with Crippen LogP contribution in [0.4, 0.5) is 0 Å². The molecule has 0 saturated heterocycles. The van der Waals surface area contributed by atoms with Crippen molar-refractivity contribution in [2.24, 2.45) is 4.99 Å². The average Bonchev–Trinajstić information content (AvgIpc) is 3.16. The lowest BCUT2D eigenvalue weighted by Gasteiger charge is -2.16. The van der Waals surface area contributed by atoms with Crippen molar-refractivity contribution in [3.63, 3.8) is 0 Å². The highest BCUT2D eigenvalue weighted by Gasteiger charge is 2.15. The fourth-order valence-electron chi connectivity index (χ4n) is 2.64. The van der Waals surface area contributed by atoms with E-state index in [-0.39, 0.29) is 5.91 Å². The Bertz CT molecular complexity index is 504. The minimum atomic E-state index is -0.157. The summed E-state index contributed by atoms with van der Waals surface area (Å²) in [6.07, 6.45) is 7.40. The second-order valence-corrected chi connectivity index (χ2v) is 5.67. The molecule has 0 aromatic carbocycles. The molecule has 1 amide bonds. The van der Waals surface area contributed by atoms with E-state index in [1.807, 2.05) is 6.92 Å². The summed E-state index contributed by atoms with van der Waals surface area (Å²) in [5.41, 5.74) is 0.858. The molecule has 22 heavy (non-hydrogen) atoms. The molecule has 122 valence electrons. The van der Waals surface area contributed by atoms with Gasteiger partial charge in [-0.25, -0.2) is 0 Å². The van der Waals surface area contributed by atoms with Gasteiger partial charge in [-0.2, -0.15) is 0 Å². The first-order valence-electron chi connectivity index (χ1n) is 8.00. The van der Waals surface area contributed by atoms with Gasteiger partial charge in [0.1, 0.15) is 0 Å². The van der Waals surface area contributed by atoms with E-state index in [9.17, 15) is 4.79 Å². The van der Waals surface area contributed by atoms with Gasteiger partial charge in [-0.3, -0.25) is 9.79 Å². The molecule has 6 nitrogen and oxygen atoms in total. The Hall–Kier alpha value is -1.98. The Morgan fingerprint density at radius 1 is 1.32 bits per heavy atom. The van der Waals surface area contributed by atoms with Crippen molar-refractivity contribution in [1.29, 1.82) is 0 Å². The van der Waals surface area contributed by atoms with Crippen LogP contribution in [0.5, 0.6) is 0 Å². The molecular weight excluding hydrogens is 280 g/mol. The molecule has 1 aliphatic carbocycles. The minimum absolute atomic E-state index is 0.157. The Morgan fingerprint density at radius 3 is 2.68 bits per heavy atom. The largest absolute Gasteiger partial charge is 0.459 e. The lowest BCUT2D eigenvalue weighted by Crippen LogP contribution is -2.43. The van der Waals surface area contributed by atoms with Crippen molar-refractivity contribution in [3.05, 3.63) is 23.7 Å². The summed E-state index contributed by atoms with van der Waals surface area (Å²) < 4.78 is 5.16.